The number of halogens is 2. The lowest BCUT2D eigenvalue weighted by Crippen LogP contribution is -3.00. The second-order valence-electron chi connectivity index (χ2n) is 23.6. The fourth-order valence-corrected chi connectivity index (χ4v) is 11.4. The molecule has 10 N–H and O–H groups in total. The van der Waals surface area contributed by atoms with Crippen LogP contribution in [0.4, 0.5) is 19.2 Å². The molecule has 0 saturated heterocycles. The van der Waals surface area contributed by atoms with Crippen LogP contribution in [0.5, 0.6) is 0 Å². The van der Waals surface area contributed by atoms with Gasteiger partial charge in [0.05, 0.1) is 0 Å². The Labute approximate surface area is 550 Å². The minimum Gasteiger partial charge on any atom is -1.00 e. The van der Waals surface area contributed by atoms with E-state index in [2.05, 4.69) is 99.8 Å². The van der Waals surface area contributed by atoms with Crippen molar-refractivity contribution in [1.29, 1.82) is 0 Å². The molecule has 3 aliphatic carbocycles. The Morgan fingerprint density at radius 1 is 0.446 bits per heavy atom. The van der Waals surface area contributed by atoms with Crippen LogP contribution < -0.4 is 39.4 Å². The van der Waals surface area contributed by atoms with Crippen LogP contribution in [0.1, 0.15) is 130 Å². The summed E-state index contributed by atoms with van der Waals surface area (Å²) < 4.78 is 21.5. The summed E-state index contributed by atoms with van der Waals surface area (Å²) in [7, 11) is 3.52. The van der Waals surface area contributed by atoms with E-state index in [1.54, 1.807) is 39.8 Å². The zero-order valence-electron chi connectivity index (χ0n) is 52.7. The number of carbonyl (C=O) groups is 7. The summed E-state index contributed by atoms with van der Waals surface area (Å²) in [4.78, 5) is 83.1. The first-order valence-corrected chi connectivity index (χ1v) is 30.7. The van der Waals surface area contributed by atoms with E-state index in [1.807, 2.05) is 72.8 Å². The van der Waals surface area contributed by atoms with Crippen molar-refractivity contribution in [3.8, 4) is 33.4 Å². The number of carboxylic acid groups (broad SMARTS) is 3. The molecular weight excluding hydrogens is 1220 g/mol. The number of fused-ring (bicyclic) bond motifs is 9. The van der Waals surface area contributed by atoms with Gasteiger partial charge in [-0.05, 0) is 153 Å². The molecule has 494 valence electrons. The number of carboxylic acids is 3. The average molecular weight is 1310 g/mol. The van der Waals surface area contributed by atoms with Crippen molar-refractivity contribution in [3.63, 3.8) is 0 Å². The maximum absolute atomic E-state index is 12.2. The smallest absolute Gasteiger partial charge is 0.408 e. The number of hydrogen-bond donors (Lipinski definition) is 8. The molecule has 20 nitrogen and oxygen atoms in total. The van der Waals surface area contributed by atoms with Crippen molar-refractivity contribution in [3.05, 3.63) is 179 Å². The van der Waals surface area contributed by atoms with E-state index in [9.17, 15) is 43.8 Å². The molecule has 0 unspecified atom stereocenters. The largest absolute Gasteiger partial charge is 1.00 e. The van der Waals surface area contributed by atoms with Crippen molar-refractivity contribution >= 4 is 54.7 Å². The van der Waals surface area contributed by atoms with Crippen LogP contribution in [0.25, 0.3) is 33.4 Å². The fourth-order valence-electron chi connectivity index (χ4n) is 11.4. The fraction of sp³-hybridized carbons (Fsp3) is 0.386. The standard InChI is InChI=1S/C26H32N2O6.C23H28N2O4.C21H24N2O4.2ClH/c1-26(2,3)34-25(32)28-22(23(29)30)14-8-9-15-27-24(31)33-16-21-19-12-6-4-10-17(19)18-11-5-7-13-20(18)21;1-25(2)21(22(26)27)13-7-8-14-24-23(28)29-15-20-18-11-5-3-9-16(18)17-10-4-6-12-19(17)20;22-19(20(24)25)11-5-6-12-23-21(26)27-13-18-16-9-3-1-7-14(16)15-8-2-4-10-17(15)18;;/h4-7,10-13,21-22H,8-9,14-16H2,1-3H3,(H,27,31)(H,28,32)(H,29,30);3-6,9-12,20-21H,7-8,13-15H2,1-2H3,(H,24,28)(H,26,27);1-4,7-10,18-19H,5-6,11-13,22H2,(H,23,26)(H,24,25);2*1H/t22-;21-;19-;;/m000../s1. The van der Waals surface area contributed by atoms with Gasteiger partial charge >= 0.3 is 42.3 Å². The molecule has 0 radical (unpaired) electrons. The summed E-state index contributed by atoms with van der Waals surface area (Å²) in [5.41, 5.74) is 17.0. The molecule has 0 heterocycles. The van der Waals surface area contributed by atoms with Crippen molar-refractivity contribution in [2.75, 3.05) is 53.6 Å². The van der Waals surface area contributed by atoms with Gasteiger partial charge in [0.25, 0.3) is 0 Å². The van der Waals surface area contributed by atoms with E-state index >= 15 is 0 Å². The van der Waals surface area contributed by atoms with Gasteiger partial charge in [0, 0.05) is 43.8 Å². The van der Waals surface area contributed by atoms with E-state index in [0.29, 0.717) is 77.8 Å². The number of likely N-dealkylation sites (N-methyl/N-ethyl adjacent to an activating group) is 1. The predicted molar refractivity (Wildman–Crippen MR) is 348 cm³/mol. The number of quaternary nitrogens is 1. The highest BCUT2D eigenvalue weighted by atomic mass is 35.5. The molecule has 4 amide bonds. The molecule has 0 fully saturated rings. The number of amides is 4. The molecule has 9 rings (SSSR count). The van der Waals surface area contributed by atoms with Crippen LogP contribution in [0.15, 0.2) is 146 Å². The lowest BCUT2D eigenvalue weighted by molar-refractivity contribution is -0.409. The third-order valence-corrected chi connectivity index (χ3v) is 15.9. The zero-order valence-corrected chi connectivity index (χ0v) is 54.3. The Bertz CT molecular complexity index is 3300. The maximum atomic E-state index is 12.2. The van der Waals surface area contributed by atoms with Crippen molar-refractivity contribution in [1.82, 2.24) is 26.2 Å². The maximum Gasteiger partial charge on any atom is 0.408 e. The number of hydrogen-bond acceptors (Lipinski definition) is 12. The van der Waals surface area contributed by atoms with Gasteiger partial charge in [-0.2, -0.15) is 0 Å². The van der Waals surface area contributed by atoms with Crippen molar-refractivity contribution < 1.29 is 86.0 Å². The molecule has 0 aromatic heterocycles. The minimum atomic E-state index is -1.13. The third kappa shape index (κ3) is 21.2. The lowest BCUT2D eigenvalue weighted by atomic mass is 9.98. The summed E-state index contributed by atoms with van der Waals surface area (Å²) in [5.74, 6) is -2.75. The topological polar surface area (TPSA) is 296 Å². The van der Waals surface area contributed by atoms with Gasteiger partial charge in [-0.3, -0.25) is 9.69 Å². The van der Waals surface area contributed by atoms with Crippen LogP contribution in [0.3, 0.4) is 0 Å². The molecule has 3 atom stereocenters. The normalized spacial score (nSPS) is 13.2. The van der Waals surface area contributed by atoms with Gasteiger partial charge in [0.1, 0.15) is 37.5 Å². The number of benzene rings is 6. The third-order valence-electron chi connectivity index (χ3n) is 15.9. The average Bonchev–Trinajstić information content (AvgIpc) is 1.67. The molecule has 0 bridgehead atoms. The first kappa shape index (κ1) is 74.0. The second-order valence-corrected chi connectivity index (χ2v) is 23.6. The Hall–Kier alpha value is -8.69. The number of ether oxygens (including phenoxy) is 4. The molecule has 3 aliphatic rings. The van der Waals surface area contributed by atoms with E-state index in [0.717, 1.165) is 17.5 Å². The van der Waals surface area contributed by atoms with E-state index in [-0.39, 0.29) is 55.6 Å². The van der Waals surface area contributed by atoms with E-state index < -0.39 is 66.0 Å². The number of nitrogens with one attached hydrogen (secondary N) is 4. The van der Waals surface area contributed by atoms with Gasteiger partial charge < -0.3 is 73.7 Å². The highest BCUT2D eigenvalue weighted by Gasteiger charge is 2.32. The molecule has 92 heavy (non-hydrogen) atoms. The van der Waals surface area contributed by atoms with Crippen LogP contribution in [0, 0.1) is 0 Å². The summed E-state index contributed by atoms with van der Waals surface area (Å²) in [6.07, 6.45) is 2.99. The summed E-state index contributed by atoms with van der Waals surface area (Å²) in [6.45, 7) is 7.21. The number of nitrogens with zero attached hydrogens (tertiary/aromatic N) is 1. The van der Waals surface area contributed by atoms with Crippen molar-refractivity contribution in [2.24, 2.45) is 0 Å². The number of rotatable bonds is 26. The van der Waals surface area contributed by atoms with Crippen molar-refractivity contribution in [2.45, 2.75) is 120 Å². The quantitative estimate of drug-likeness (QED) is 0.0188. The number of alkyl carbamates (subject to hydrolysis) is 4. The van der Waals surface area contributed by atoms with Gasteiger partial charge in [0.15, 0.2) is 6.04 Å². The monoisotopic (exact) mass is 1300 g/mol. The molecule has 22 heteroatoms. The number of carbonyl (C=O) groups excluding carboxylic acids is 4. The summed E-state index contributed by atoms with van der Waals surface area (Å²) >= 11 is 0. The highest BCUT2D eigenvalue weighted by molar-refractivity contribution is 5.85. The molecule has 0 spiro atoms. The molecule has 0 saturated carbocycles. The van der Waals surface area contributed by atoms with Gasteiger partial charge in [-0.15, -0.1) is 12.4 Å². The zero-order chi connectivity index (χ0) is 64.7. The Morgan fingerprint density at radius 3 is 1.01 bits per heavy atom. The molecule has 6 aromatic carbocycles. The van der Waals surface area contributed by atoms with Crippen LogP contribution in [-0.2, 0) is 33.3 Å². The SMILES string of the molecule is CC(C)(C)OC(=O)N[C@@H](CCCCNC(=O)OCC1c2ccccc2-c2ccccc21)C(=O)O.CN(C)[C@@H](CCCCNC(=O)OCC1c2ccccc2-c2ccccc21)C(=O)O.Cl.[Cl-].[NH3+][C@@H](CCCCNC(=O)OCC1c2ccccc2-c2ccccc21)C(=O)O. The van der Waals surface area contributed by atoms with Gasteiger partial charge in [-0.25, -0.2) is 28.8 Å². The number of unbranched alkanes of at least 4 members (excludes halogenated alkanes) is 3. The molecule has 0 aliphatic heterocycles. The predicted octanol–water partition coefficient (Wildman–Crippen LogP) is 8.20. The minimum absolute atomic E-state index is 0. The highest BCUT2D eigenvalue weighted by Crippen LogP contribution is 2.47. The van der Waals surface area contributed by atoms with Crippen LogP contribution >= 0.6 is 12.4 Å². The molecular formula is C70H86Cl2N6O14. The Balaban J connectivity index is 0.000000249. The van der Waals surface area contributed by atoms with Gasteiger partial charge in [-0.1, -0.05) is 146 Å². The second kappa shape index (κ2) is 36.4. The first-order valence-electron chi connectivity index (χ1n) is 30.7. The summed E-state index contributed by atoms with van der Waals surface area (Å²) in [6, 6.07) is 47.0. The summed E-state index contributed by atoms with van der Waals surface area (Å²) in [5, 5.41) is 37.8. The Morgan fingerprint density at radius 2 is 0.739 bits per heavy atom. The van der Waals surface area contributed by atoms with E-state index in [4.69, 9.17) is 24.1 Å². The van der Waals surface area contributed by atoms with Crippen LogP contribution in [0.2, 0.25) is 0 Å². The number of aliphatic carboxylic acids is 3. The molecule has 6 aromatic rings. The van der Waals surface area contributed by atoms with E-state index in [1.165, 1.54) is 55.6 Å². The Kier molecular flexibility index (Phi) is 29.3. The van der Waals surface area contributed by atoms with Gasteiger partial charge in [0.2, 0.25) is 0 Å². The first-order chi connectivity index (χ1) is 43.2. The lowest BCUT2D eigenvalue weighted by Gasteiger charge is -2.22. The van der Waals surface area contributed by atoms with Crippen LogP contribution in [-0.4, -0.2) is 140 Å².